The minimum absolute atomic E-state index is 0.0228. The second kappa shape index (κ2) is 5.07. The van der Waals surface area contributed by atoms with Crippen molar-refractivity contribution in [3.63, 3.8) is 0 Å². The molecule has 2 rings (SSSR count). The Bertz CT molecular complexity index is 594. The van der Waals surface area contributed by atoms with Crippen LogP contribution < -0.4 is 5.32 Å². The van der Waals surface area contributed by atoms with Crippen molar-refractivity contribution in [2.75, 3.05) is 14.2 Å². The molecule has 5 nitrogen and oxygen atoms in total. The number of aromatic nitrogens is 2. The molecule has 18 heavy (non-hydrogen) atoms. The molecule has 0 aliphatic carbocycles. The first-order valence-corrected chi connectivity index (χ1v) is 6.32. The van der Waals surface area contributed by atoms with Crippen molar-refractivity contribution in [3.8, 4) is 0 Å². The maximum absolute atomic E-state index is 11.7. The number of imidazole rings is 1. The van der Waals surface area contributed by atoms with Gasteiger partial charge in [0.2, 0.25) is 0 Å². The van der Waals surface area contributed by atoms with E-state index in [-0.39, 0.29) is 6.04 Å². The third kappa shape index (κ3) is 2.02. The van der Waals surface area contributed by atoms with Crippen LogP contribution in [0, 0.1) is 0 Å². The molecule has 0 aromatic carbocycles. The van der Waals surface area contributed by atoms with Crippen molar-refractivity contribution in [1.82, 2.24) is 14.7 Å². The van der Waals surface area contributed by atoms with Gasteiger partial charge >= 0.3 is 5.97 Å². The van der Waals surface area contributed by atoms with E-state index < -0.39 is 5.97 Å². The van der Waals surface area contributed by atoms with E-state index in [0.29, 0.717) is 5.69 Å². The summed E-state index contributed by atoms with van der Waals surface area (Å²) in [5.41, 5.74) is 1.06. The van der Waals surface area contributed by atoms with Gasteiger partial charge in [-0.25, -0.2) is 9.78 Å². The summed E-state index contributed by atoms with van der Waals surface area (Å²) < 4.78 is 7.50. The van der Waals surface area contributed by atoms with Crippen LogP contribution in [0.25, 0.3) is 5.52 Å². The van der Waals surface area contributed by atoms with Gasteiger partial charge in [0.25, 0.3) is 0 Å². The van der Waals surface area contributed by atoms with Crippen LogP contribution in [0.3, 0.4) is 0 Å². The monoisotopic (exact) mass is 311 g/mol. The maximum Gasteiger partial charge on any atom is 0.358 e. The summed E-state index contributed by atoms with van der Waals surface area (Å²) in [6.45, 7) is 1.98. The van der Waals surface area contributed by atoms with Gasteiger partial charge in [0.05, 0.1) is 23.3 Å². The lowest BCUT2D eigenvalue weighted by Crippen LogP contribution is -2.16. The number of nitrogens with zero attached hydrogens (tertiary/aromatic N) is 2. The fraction of sp³-hybridized carbons (Fsp3) is 0.333. The lowest BCUT2D eigenvalue weighted by atomic mass is 10.3. The van der Waals surface area contributed by atoms with Crippen LogP contribution in [0.2, 0.25) is 0 Å². The first kappa shape index (κ1) is 13.0. The summed E-state index contributed by atoms with van der Waals surface area (Å²) in [6, 6.07) is 5.63. The number of pyridine rings is 1. The van der Waals surface area contributed by atoms with Crippen molar-refractivity contribution < 1.29 is 9.53 Å². The zero-order valence-electron chi connectivity index (χ0n) is 10.4. The quantitative estimate of drug-likeness (QED) is 0.697. The van der Waals surface area contributed by atoms with Crippen molar-refractivity contribution in [2.45, 2.75) is 13.0 Å². The lowest BCUT2D eigenvalue weighted by molar-refractivity contribution is 0.0596. The van der Waals surface area contributed by atoms with E-state index in [1.807, 2.05) is 36.6 Å². The predicted octanol–water partition coefficient (Wildman–Crippen LogP) is 2.16. The molecule has 0 aliphatic rings. The zero-order chi connectivity index (χ0) is 13.3. The Morgan fingerprint density at radius 1 is 1.56 bits per heavy atom. The average molecular weight is 312 g/mol. The van der Waals surface area contributed by atoms with Crippen LogP contribution in [-0.4, -0.2) is 29.5 Å². The average Bonchev–Trinajstić information content (AvgIpc) is 2.78. The van der Waals surface area contributed by atoms with E-state index in [0.717, 1.165) is 15.9 Å². The number of esters is 1. The Labute approximate surface area is 113 Å². The van der Waals surface area contributed by atoms with Gasteiger partial charge in [0, 0.05) is 0 Å². The van der Waals surface area contributed by atoms with E-state index in [1.54, 1.807) is 0 Å². The molecule has 0 saturated carbocycles. The highest BCUT2D eigenvalue weighted by molar-refractivity contribution is 9.10. The van der Waals surface area contributed by atoms with E-state index in [9.17, 15) is 4.79 Å². The summed E-state index contributed by atoms with van der Waals surface area (Å²) in [4.78, 5) is 16.1. The number of rotatable bonds is 3. The van der Waals surface area contributed by atoms with Crippen LogP contribution in [0.5, 0.6) is 0 Å². The molecule has 2 aromatic heterocycles. The number of nitrogens with one attached hydrogen (secondary N) is 1. The molecule has 2 aromatic rings. The van der Waals surface area contributed by atoms with Crippen molar-refractivity contribution in [2.24, 2.45) is 0 Å². The highest BCUT2D eigenvalue weighted by Crippen LogP contribution is 2.23. The topological polar surface area (TPSA) is 55.6 Å². The summed E-state index contributed by atoms with van der Waals surface area (Å²) in [6.07, 6.45) is 0. The highest BCUT2D eigenvalue weighted by Gasteiger charge is 2.21. The molecule has 2 heterocycles. The van der Waals surface area contributed by atoms with Gasteiger partial charge < -0.3 is 10.1 Å². The van der Waals surface area contributed by atoms with Crippen molar-refractivity contribution in [1.29, 1.82) is 0 Å². The molecule has 0 radical (unpaired) electrons. The molecule has 96 valence electrons. The largest absolute Gasteiger partial charge is 0.464 e. The SMILES string of the molecule is CNC(C)c1nc(C(=O)OC)c2cccc(Br)n12. The number of carbonyl (C=O) groups is 1. The molecule has 0 spiro atoms. The molecule has 0 aliphatic heterocycles. The van der Waals surface area contributed by atoms with Crippen LogP contribution >= 0.6 is 15.9 Å². The normalized spacial score (nSPS) is 12.7. The number of carbonyl (C=O) groups excluding carboxylic acids is 1. The van der Waals surface area contributed by atoms with E-state index in [4.69, 9.17) is 4.74 Å². The van der Waals surface area contributed by atoms with E-state index >= 15 is 0 Å². The number of ether oxygens (including phenoxy) is 1. The first-order valence-electron chi connectivity index (χ1n) is 5.52. The Morgan fingerprint density at radius 2 is 2.28 bits per heavy atom. The van der Waals surface area contributed by atoms with Crippen LogP contribution in [0.15, 0.2) is 22.8 Å². The number of fused-ring (bicyclic) bond motifs is 1. The number of hydrogen-bond acceptors (Lipinski definition) is 4. The van der Waals surface area contributed by atoms with E-state index in [2.05, 4.69) is 26.2 Å². The summed E-state index contributed by atoms with van der Waals surface area (Å²) >= 11 is 3.47. The Kier molecular flexibility index (Phi) is 3.68. The summed E-state index contributed by atoms with van der Waals surface area (Å²) in [5.74, 6) is 0.334. The number of hydrogen-bond donors (Lipinski definition) is 1. The molecule has 1 unspecified atom stereocenters. The molecular weight excluding hydrogens is 298 g/mol. The molecular formula is C12H14BrN3O2. The molecule has 6 heteroatoms. The van der Waals surface area contributed by atoms with Crippen molar-refractivity contribution in [3.05, 3.63) is 34.3 Å². The minimum Gasteiger partial charge on any atom is -0.464 e. The number of halogens is 1. The summed E-state index contributed by atoms with van der Waals surface area (Å²) in [5, 5.41) is 3.11. The third-order valence-electron chi connectivity index (χ3n) is 2.84. The fourth-order valence-corrected chi connectivity index (χ4v) is 2.31. The maximum atomic E-state index is 11.7. The fourth-order valence-electron chi connectivity index (χ4n) is 1.79. The lowest BCUT2D eigenvalue weighted by Gasteiger charge is -2.09. The first-order chi connectivity index (χ1) is 8.60. The predicted molar refractivity (Wildman–Crippen MR) is 71.7 cm³/mol. The summed E-state index contributed by atoms with van der Waals surface area (Å²) in [7, 11) is 3.20. The smallest absolute Gasteiger partial charge is 0.358 e. The minimum atomic E-state index is -0.430. The molecule has 0 saturated heterocycles. The zero-order valence-corrected chi connectivity index (χ0v) is 12.0. The van der Waals surface area contributed by atoms with Gasteiger partial charge in [-0.15, -0.1) is 0 Å². The Balaban J connectivity index is 2.75. The number of methoxy groups -OCH3 is 1. The van der Waals surface area contributed by atoms with Gasteiger partial charge in [-0.3, -0.25) is 4.40 Å². The van der Waals surface area contributed by atoms with Crippen LogP contribution in [0.4, 0.5) is 0 Å². The molecule has 0 fully saturated rings. The molecule has 1 atom stereocenters. The van der Waals surface area contributed by atoms with Crippen molar-refractivity contribution >= 4 is 27.4 Å². The molecule has 0 amide bonds. The standard InChI is InChI=1S/C12H14BrN3O2/c1-7(14-2)11-15-10(12(17)18-3)8-5-4-6-9(13)16(8)11/h4-7,14H,1-3H3. The van der Waals surface area contributed by atoms with Gasteiger partial charge in [-0.2, -0.15) is 0 Å². The van der Waals surface area contributed by atoms with Gasteiger partial charge in [0.15, 0.2) is 5.69 Å². The van der Waals surface area contributed by atoms with Crippen LogP contribution in [-0.2, 0) is 4.74 Å². The Morgan fingerprint density at radius 3 is 2.89 bits per heavy atom. The molecule has 1 N–H and O–H groups in total. The molecule has 0 bridgehead atoms. The Hall–Kier alpha value is -1.40. The second-order valence-corrected chi connectivity index (χ2v) is 4.70. The van der Waals surface area contributed by atoms with Crippen LogP contribution in [0.1, 0.15) is 29.3 Å². The van der Waals surface area contributed by atoms with Gasteiger partial charge in [-0.05, 0) is 42.0 Å². The highest BCUT2D eigenvalue weighted by atomic mass is 79.9. The van der Waals surface area contributed by atoms with E-state index in [1.165, 1.54) is 7.11 Å². The van der Waals surface area contributed by atoms with Gasteiger partial charge in [0.1, 0.15) is 5.82 Å². The van der Waals surface area contributed by atoms with Gasteiger partial charge in [-0.1, -0.05) is 6.07 Å². The second-order valence-electron chi connectivity index (χ2n) is 3.89. The third-order valence-corrected chi connectivity index (χ3v) is 3.46.